The molecule has 0 amide bonds. The van der Waals surface area contributed by atoms with Gasteiger partial charge >= 0.3 is 0 Å². The fourth-order valence-corrected chi connectivity index (χ4v) is 2.46. The summed E-state index contributed by atoms with van der Waals surface area (Å²) in [4.78, 5) is 0. The highest BCUT2D eigenvalue weighted by Crippen LogP contribution is 2.29. The average molecular weight is 284 g/mol. The van der Waals surface area contributed by atoms with Gasteiger partial charge in [-0.1, -0.05) is 56.3 Å². The van der Waals surface area contributed by atoms with Crippen LogP contribution in [0.15, 0.2) is 48.5 Å². The molecule has 21 heavy (non-hydrogen) atoms. The number of aryl methyl sites for hydroxylation is 1. The smallest absolute Gasteiger partial charge is 0.122 e. The number of para-hydroxylation sites is 1. The molecule has 0 radical (unpaired) electrons. The van der Waals surface area contributed by atoms with Crippen molar-refractivity contribution < 1.29 is 9.84 Å². The van der Waals surface area contributed by atoms with Gasteiger partial charge in [-0.05, 0) is 42.0 Å². The van der Waals surface area contributed by atoms with E-state index in [9.17, 15) is 5.11 Å². The molecule has 0 bridgehead atoms. The first-order valence-corrected chi connectivity index (χ1v) is 7.58. The molecule has 2 unspecified atom stereocenters. The lowest BCUT2D eigenvalue weighted by Crippen LogP contribution is -2.12. The van der Waals surface area contributed by atoms with E-state index in [1.54, 1.807) is 0 Å². The summed E-state index contributed by atoms with van der Waals surface area (Å²) < 4.78 is 5.88. The van der Waals surface area contributed by atoms with Crippen LogP contribution in [0.25, 0.3) is 0 Å². The SMILES string of the molecule is CCC(C)c1ccccc1OCC(O)c1ccccc1C. The summed E-state index contributed by atoms with van der Waals surface area (Å²) in [6, 6.07) is 16.0. The second-order valence-electron chi connectivity index (χ2n) is 5.53. The van der Waals surface area contributed by atoms with Gasteiger partial charge in [0.05, 0.1) is 0 Å². The Morgan fingerprint density at radius 3 is 2.29 bits per heavy atom. The van der Waals surface area contributed by atoms with E-state index in [2.05, 4.69) is 19.9 Å². The number of benzene rings is 2. The molecule has 0 spiro atoms. The molecule has 2 aromatic rings. The molecule has 0 aliphatic heterocycles. The van der Waals surface area contributed by atoms with Crippen LogP contribution in [0.5, 0.6) is 5.75 Å². The van der Waals surface area contributed by atoms with Gasteiger partial charge in [0.1, 0.15) is 18.5 Å². The minimum atomic E-state index is -0.601. The third-order valence-electron chi connectivity index (χ3n) is 4.01. The van der Waals surface area contributed by atoms with E-state index in [0.717, 1.165) is 23.3 Å². The molecular formula is C19H24O2. The Labute approximate surface area is 127 Å². The van der Waals surface area contributed by atoms with Gasteiger partial charge in [-0.25, -0.2) is 0 Å². The van der Waals surface area contributed by atoms with Crippen molar-refractivity contribution in [2.24, 2.45) is 0 Å². The Hall–Kier alpha value is -1.80. The van der Waals surface area contributed by atoms with Crippen molar-refractivity contribution in [3.05, 3.63) is 65.2 Å². The van der Waals surface area contributed by atoms with Gasteiger partial charge in [0.15, 0.2) is 0 Å². The van der Waals surface area contributed by atoms with Crippen molar-refractivity contribution in [3.8, 4) is 5.75 Å². The molecule has 2 rings (SSSR count). The molecule has 2 heteroatoms. The highest BCUT2D eigenvalue weighted by molar-refractivity contribution is 5.36. The van der Waals surface area contributed by atoms with E-state index in [0.29, 0.717) is 5.92 Å². The van der Waals surface area contributed by atoms with Crippen LogP contribution in [-0.2, 0) is 0 Å². The summed E-state index contributed by atoms with van der Waals surface area (Å²) in [6.07, 6.45) is 0.469. The number of aliphatic hydroxyl groups excluding tert-OH is 1. The fraction of sp³-hybridized carbons (Fsp3) is 0.368. The van der Waals surface area contributed by atoms with Gasteiger partial charge in [-0.2, -0.15) is 0 Å². The van der Waals surface area contributed by atoms with Crippen LogP contribution in [0.4, 0.5) is 0 Å². The van der Waals surface area contributed by atoms with Gasteiger partial charge in [0.2, 0.25) is 0 Å². The average Bonchev–Trinajstić information content (AvgIpc) is 2.52. The van der Waals surface area contributed by atoms with Crippen LogP contribution in [0, 0.1) is 6.92 Å². The largest absolute Gasteiger partial charge is 0.490 e. The van der Waals surface area contributed by atoms with Crippen molar-refractivity contribution in [2.45, 2.75) is 39.2 Å². The summed E-state index contributed by atoms with van der Waals surface area (Å²) in [5.41, 5.74) is 3.22. The minimum Gasteiger partial charge on any atom is -0.490 e. The third-order valence-corrected chi connectivity index (χ3v) is 4.01. The number of aliphatic hydroxyl groups is 1. The third kappa shape index (κ3) is 3.85. The molecule has 112 valence electrons. The molecule has 0 heterocycles. The Morgan fingerprint density at radius 1 is 1.00 bits per heavy atom. The summed E-state index contributed by atoms with van der Waals surface area (Å²) >= 11 is 0. The normalized spacial score (nSPS) is 13.7. The van der Waals surface area contributed by atoms with Crippen molar-refractivity contribution >= 4 is 0 Å². The van der Waals surface area contributed by atoms with Crippen LogP contribution in [-0.4, -0.2) is 11.7 Å². The maximum Gasteiger partial charge on any atom is 0.122 e. The summed E-state index contributed by atoms with van der Waals surface area (Å²) in [5, 5.41) is 10.3. The lowest BCUT2D eigenvalue weighted by Gasteiger charge is -2.18. The molecule has 1 N–H and O–H groups in total. The van der Waals surface area contributed by atoms with E-state index in [1.165, 1.54) is 5.56 Å². The number of ether oxygens (including phenoxy) is 1. The summed E-state index contributed by atoms with van der Waals surface area (Å²) in [7, 11) is 0. The maximum atomic E-state index is 10.3. The molecule has 2 atom stereocenters. The van der Waals surface area contributed by atoms with E-state index in [1.807, 2.05) is 49.4 Å². The predicted molar refractivity (Wildman–Crippen MR) is 86.8 cm³/mol. The predicted octanol–water partition coefficient (Wildman–Crippen LogP) is 4.62. The molecule has 0 aliphatic rings. The topological polar surface area (TPSA) is 29.5 Å². The zero-order valence-electron chi connectivity index (χ0n) is 13.0. The Bertz CT molecular complexity index is 577. The zero-order chi connectivity index (χ0) is 15.2. The van der Waals surface area contributed by atoms with Crippen molar-refractivity contribution in [1.82, 2.24) is 0 Å². The molecule has 0 aliphatic carbocycles. The summed E-state index contributed by atoms with van der Waals surface area (Å²) in [6.45, 7) is 6.65. The quantitative estimate of drug-likeness (QED) is 0.838. The molecule has 0 aromatic heterocycles. The van der Waals surface area contributed by atoms with Crippen LogP contribution in [0.1, 0.15) is 49.0 Å². The molecular weight excluding hydrogens is 260 g/mol. The minimum absolute atomic E-state index is 0.276. The molecule has 0 saturated carbocycles. The fourth-order valence-electron chi connectivity index (χ4n) is 2.46. The van der Waals surface area contributed by atoms with Crippen molar-refractivity contribution in [3.63, 3.8) is 0 Å². The number of rotatable bonds is 6. The van der Waals surface area contributed by atoms with E-state index >= 15 is 0 Å². The molecule has 2 nitrogen and oxygen atoms in total. The van der Waals surface area contributed by atoms with Crippen LogP contribution in [0.2, 0.25) is 0 Å². The first-order chi connectivity index (χ1) is 10.1. The Balaban J connectivity index is 2.08. The lowest BCUT2D eigenvalue weighted by atomic mass is 9.98. The van der Waals surface area contributed by atoms with Crippen LogP contribution < -0.4 is 4.74 Å². The van der Waals surface area contributed by atoms with Crippen molar-refractivity contribution in [1.29, 1.82) is 0 Å². The summed E-state index contributed by atoms with van der Waals surface area (Å²) in [5.74, 6) is 1.33. The molecule has 2 aromatic carbocycles. The van der Waals surface area contributed by atoms with Crippen molar-refractivity contribution in [2.75, 3.05) is 6.61 Å². The standard InChI is InChI=1S/C19H24O2/c1-4-14(2)17-11-7-8-12-19(17)21-13-18(20)16-10-6-5-9-15(16)3/h5-12,14,18,20H,4,13H2,1-3H3. The molecule has 0 fully saturated rings. The van der Waals surface area contributed by atoms with E-state index in [-0.39, 0.29) is 6.61 Å². The highest BCUT2D eigenvalue weighted by Gasteiger charge is 2.13. The zero-order valence-corrected chi connectivity index (χ0v) is 13.0. The molecule has 0 saturated heterocycles. The first kappa shape index (κ1) is 15.6. The van der Waals surface area contributed by atoms with Crippen LogP contribution in [0.3, 0.4) is 0 Å². The van der Waals surface area contributed by atoms with E-state index in [4.69, 9.17) is 4.74 Å². The van der Waals surface area contributed by atoms with Gasteiger partial charge in [-0.3, -0.25) is 0 Å². The Morgan fingerprint density at radius 2 is 1.62 bits per heavy atom. The first-order valence-electron chi connectivity index (χ1n) is 7.58. The van der Waals surface area contributed by atoms with E-state index < -0.39 is 6.10 Å². The number of hydrogen-bond donors (Lipinski definition) is 1. The number of hydrogen-bond acceptors (Lipinski definition) is 2. The highest BCUT2D eigenvalue weighted by atomic mass is 16.5. The second-order valence-corrected chi connectivity index (χ2v) is 5.53. The van der Waals surface area contributed by atoms with Gasteiger partial charge in [0, 0.05) is 0 Å². The lowest BCUT2D eigenvalue weighted by molar-refractivity contribution is 0.107. The van der Waals surface area contributed by atoms with Gasteiger partial charge in [-0.15, -0.1) is 0 Å². The second kappa shape index (κ2) is 7.28. The van der Waals surface area contributed by atoms with Gasteiger partial charge < -0.3 is 9.84 Å². The monoisotopic (exact) mass is 284 g/mol. The maximum absolute atomic E-state index is 10.3. The Kier molecular flexibility index (Phi) is 5.40. The van der Waals surface area contributed by atoms with Gasteiger partial charge in [0.25, 0.3) is 0 Å². The van der Waals surface area contributed by atoms with Crippen LogP contribution >= 0.6 is 0 Å².